The molecular formula is C17H16O. The SMILES string of the molecule is C=CCc1ccccc1OC(=C)c1ccccc1. The summed E-state index contributed by atoms with van der Waals surface area (Å²) in [6.45, 7) is 7.73. The summed E-state index contributed by atoms with van der Waals surface area (Å²) in [5, 5.41) is 0. The van der Waals surface area contributed by atoms with Crippen LogP contribution in [0.3, 0.4) is 0 Å². The lowest BCUT2D eigenvalue weighted by atomic mass is 10.1. The van der Waals surface area contributed by atoms with Crippen molar-refractivity contribution in [2.45, 2.75) is 6.42 Å². The van der Waals surface area contributed by atoms with E-state index in [0.29, 0.717) is 5.76 Å². The van der Waals surface area contributed by atoms with Gasteiger partial charge in [-0.15, -0.1) is 6.58 Å². The van der Waals surface area contributed by atoms with E-state index in [1.807, 2.05) is 60.7 Å². The summed E-state index contributed by atoms with van der Waals surface area (Å²) in [4.78, 5) is 0. The number of ether oxygens (including phenoxy) is 1. The zero-order chi connectivity index (χ0) is 12.8. The number of hydrogen-bond acceptors (Lipinski definition) is 1. The third-order valence-electron chi connectivity index (χ3n) is 2.67. The Labute approximate surface area is 108 Å². The summed E-state index contributed by atoms with van der Waals surface area (Å²) >= 11 is 0. The Morgan fingerprint density at radius 1 is 1.00 bits per heavy atom. The highest BCUT2D eigenvalue weighted by Crippen LogP contribution is 2.24. The van der Waals surface area contributed by atoms with Crippen LogP contribution in [0.25, 0.3) is 5.76 Å². The van der Waals surface area contributed by atoms with Gasteiger partial charge >= 0.3 is 0 Å². The molecule has 0 radical (unpaired) electrons. The van der Waals surface area contributed by atoms with Gasteiger partial charge in [0, 0.05) is 5.56 Å². The van der Waals surface area contributed by atoms with E-state index in [1.165, 1.54) is 0 Å². The van der Waals surface area contributed by atoms with Crippen molar-refractivity contribution < 1.29 is 4.74 Å². The first kappa shape index (κ1) is 12.2. The topological polar surface area (TPSA) is 9.23 Å². The van der Waals surface area contributed by atoms with Crippen molar-refractivity contribution in [3.05, 3.63) is 85.0 Å². The van der Waals surface area contributed by atoms with E-state index in [0.717, 1.165) is 23.3 Å². The molecule has 0 fully saturated rings. The number of benzene rings is 2. The quantitative estimate of drug-likeness (QED) is 0.550. The molecule has 90 valence electrons. The maximum absolute atomic E-state index is 5.84. The molecule has 0 unspecified atom stereocenters. The predicted molar refractivity (Wildman–Crippen MR) is 76.4 cm³/mol. The fourth-order valence-corrected chi connectivity index (χ4v) is 1.74. The van der Waals surface area contributed by atoms with Crippen molar-refractivity contribution in [2.75, 3.05) is 0 Å². The molecular weight excluding hydrogens is 220 g/mol. The van der Waals surface area contributed by atoms with Crippen LogP contribution in [0.4, 0.5) is 0 Å². The van der Waals surface area contributed by atoms with Crippen molar-refractivity contribution in [3.8, 4) is 5.75 Å². The molecule has 0 saturated carbocycles. The Balaban J connectivity index is 2.19. The third-order valence-corrected chi connectivity index (χ3v) is 2.67. The summed E-state index contributed by atoms with van der Waals surface area (Å²) < 4.78 is 5.84. The highest BCUT2D eigenvalue weighted by atomic mass is 16.5. The molecule has 0 saturated heterocycles. The molecule has 0 bridgehead atoms. The van der Waals surface area contributed by atoms with Gasteiger partial charge in [-0.25, -0.2) is 0 Å². The molecule has 0 aliphatic heterocycles. The smallest absolute Gasteiger partial charge is 0.130 e. The number of hydrogen-bond donors (Lipinski definition) is 0. The van der Waals surface area contributed by atoms with E-state index in [1.54, 1.807) is 0 Å². The molecule has 0 heterocycles. The van der Waals surface area contributed by atoms with Gasteiger partial charge < -0.3 is 4.74 Å². The van der Waals surface area contributed by atoms with Crippen LogP contribution in [0.5, 0.6) is 5.75 Å². The molecule has 0 N–H and O–H groups in total. The highest BCUT2D eigenvalue weighted by Gasteiger charge is 2.05. The van der Waals surface area contributed by atoms with Crippen molar-refractivity contribution >= 4 is 5.76 Å². The Morgan fingerprint density at radius 3 is 2.39 bits per heavy atom. The van der Waals surface area contributed by atoms with Crippen LogP contribution in [0.1, 0.15) is 11.1 Å². The van der Waals surface area contributed by atoms with Crippen LogP contribution in [0, 0.1) is 0 Å². The van der Waals surface area contributed by atoms with Crippen LogP contribution >= 0.6 is 0 Å². The summed E-state index contributed by atoms with van der Waals surface area (Å²) in [5.41, 5.74) is 2.11. The zero-order valence-corrected chi connectivity index (χ0v) is 10.3. The molecule has 0 atom stereocenters. The molecule has 1 nitrogen and oxygen atoms in total. The minimum Gasteiger partial charge on any atom is -0.457 e. The molecule has 0 spiro atoms. The second kappa shape index (κ2) is 5.87. The Morgan fingerprint density at radius 2 is 1.67 bits per heavy atom. The van der Waals surface area contributed by atoms with Crippen LogP contribution in [0.2, 0.25) is 0 Å². The molecule has 0 aliphatic carbocycles. The second-order valence-electron chi connectivity index (χ2n) is 3.99. The molecule has 1 heteroatoms. The number of allylic oxidation sites excluding steroid dienone is 1. The monoisotopic (exact) mass is 236 g/mol. The average molecular weight is 236 g/mol. The van der Waals surface area contributed by atoms with Gasteiger partial charge in [-0.2, -0.15) is 0 Å². The first-order valence-electron chi connectivity index (χ1n) is 5.92. The lowest BCUT2D eigenvalue weighted by molar-refractivity contribution is 0.511. The molecule has 0 aromatic heterocycles. The van der Waals surface area contributed by atoms with Crippen molar-refractivity contribution in [2.24, 2.45) is 0 Å². The van der Waals surface area contributed by atoms with Gasteiger partial charge in [0.15, 0.2) is 0 Å². The Bertz CT molecular complexity index is 541. The minimum absolute atomic E-state index is 0.659. The van der Waals surface area contributed by atoms with Crippen LogP contribution in [-0.4, -0.2) is 0 Å². The van der Waals surface area contributed by atoms with Gasteiger partial charge in [-0.05, 0) is 18.1 Å². The van der Waals surface area contributed by atoms with E-state index in [-0.39, 0.29) is 0 Å². The summed E-state index contributed by atoms with van der Waals surface area (Å²) in [7, 11) is 0. The fourth-order valence-electron chi connectivity index (χ4n) is 1.74. The largest absolute Gasteiger partial charge is 0.457 e. The predicted octanol–water partition coefficient (Wildman–Crippen LogP) is 4.46. The summed E-state index contributed by atoms with van der Waals surface area (Å²) in [5.74, 6) is 1.50. The molecule has 0 aliphatic rings. The van der Waals surface area contributed by atoms with E-state index in [9.17, 15) is 0 Å². The van der Waals surface area contributed by atoms with Crippen LogP contribution in [0.15, 0.2) is 73.8 Å². The maximum Gasteiger partial charge on any atom is 0.130 e. The molecule has 2 aromatic carbocycles. The van der Waals surface area contributed by atoms with E-state index in [2.05, 4.69) is 13.2 Å². The van der Waals surface area contributed by atoms with Gasteiger partial charge in [0.1, 0.15) is 11.5 Å². The Kier molecular flexibility index (Phi) is 3.98. The standard InChI is InChI=1S/C17H16O/c1-3-9-16-12-7-8-13-17(16)18-14(2)15-10-5-4-6-11-15/h3-8,10-13H,1-2,9H2. The molecule has 2 aromatic rings. The summed E-state index contributed by atoms with van der Waals surface area (Å²) in [6, 6.07) is 17.8. The van der Waals surface area contributed by atoms with Gasteiger partial charge in [0.2, 0.25) is 0 Å². The van der Waals surface area contributed by atoms with Crippen LogP contribution in [-0.2, 0) is 6.42 Å². The van der Waals surface area contributed by atoms with E-state index in [4.69, 9.17) is 4.74 Å². The van der Waals surface area contributed by atoms with Crippen molar-refractivity contribution in [1.29, 1.82) is 0 Å². The van der Waals surface area contributed by atoms with Crippen molar-refractivity contribution in [1.82, 2.24) is 0 Å². The molecule has 2 rings (SSSR count). The number of rotatable bonds is 5. The first-order chi connectivity index (χ1) is 8.81. The first-order valence-corrected chi connectivity index (χ1v) is 5.92. The molecule has 0 amide bonds. The molecule has 18 heavy (non-hydrogen) atoms. The van der Waals surface area contributed by atoms with Gasteiger partial charge in [-0.3, -0.25) is 0 Å². The van der Waals surface area contributed by atoms with E-state index >= 15 is 0 Å². The van der Waals surface area contributed by atoms with Gasteiger partial charge in [0.25, 0.3) is 0 Å². The summed E-state index contributed by atoms with van der Waals surface area (Å²) in [6.07, 6.45) is 2.66. The maximum atomic E-state index is 5.84. The lowest BCUT2D eigenvalue weighted by Gasteiger charge is -2.12. The van der Waals surface area contributed by atoms with Crippen molar-refractivity contribution in [3.63, 3.8) is 0 Å². The minimum atomic E-state index is 0.659. The lowest BCUT2D eigenvalue weighted by Crippen LogP contribution is -1.96. The highest BCUT2D eigenvalue weighted by molar-refractivity contribution is 5.60. The van der Waals surface area contributed by atoms with Crippen LogP contribution < -0.4 is 4.74 Å². The van der Waals surface area contributed by atoms with Gasteiger partial charge in [0.05, 0.1) is 0 Å². The van der Waals surface area contributed by atoms with Gasteiger partial charge in [-0.1, -0.05) is 61.2 Å². The fraction of sp³-hybridized carbons (Fsp3) is 0.0588. The second-order valence-corrected chi connectivity index (χ2v) is 3.99. The third kappa shape index (κ3) is 2.89. The zero-order valence-electron chi connectivity index (χ0n) is 10.3. The normalized spacial score (nSPS) is 9.78. The Hall–Kier alpha value is -2.28. The average Bonchev–Trinajstić information content (AvgIpc) is 2.42. The number of para-hydroxylation sites is 1. The van der Waals surface area contributed by atoms with E-state index < -0.39 is 0 Å².